The predicted octanol–water partition coefficient (Wildman–Crippen LogP) is 2.73. The van der Waals surface area contributed by atoms with E-state index < -0.39 is 9.85 Å². The lowest BCUT2D eigenvalue weighted by atomic mass is 10.0. The maximum absolute atomic E-state index is 11.5. The lowest BCUT2D eigenvalue weighted by Crippen LogP contribution is -2.46. The molecule has 8 nitrogen and oxygen atoms in total. The number of nitrogens with zero attached hydrogens (tertiary/aromatic N) is 3. The van der Waals surface area contributed by atoms with Gasteiger partial charge in [-0.2, -0.15) is 0 Å². The topological polar surface area (TPSA) is 98.8 Å². The zero-order valence-corrected chi connectivity index (χ0v) is 13.0. The van der Waals surface area contributed by atoms with E-state index in [9.17, 15) is 20.2 Å². The quantitative estimate of drug-likeness (QED) is 0.629. The zero-order chi connectivity index (χ0) is 16.6. The number of anilines is 1. The molecule has 8 heteroatoms. The van der Waals surface area contributed by atoms with E-state index in [4.69, 9.17) is 4.74 Å². The molecular weight excluding hydrogens is 290 g/mol. The van der Waals surface area contributed by atoms with Gasteiger partial charge < -0.3 is 9.64 Å². The van der Waals surface area contributed by atoms with Gasteiger partial charge in [0.2, 0.25) is 0 Å². The highest BCUT2D eigenvalue weighted by molar-refractivity contribution is 5.79. The first kappa shape index (κ1) is 16.2. The molecule has 0 aromatic heterocycles. The van der Waals surface area contributed by atoms with Gasteiger partial charge >= 0.3 is 5.69 Å². The van der Waals surface area contributed by atoms with Crippen LogP contribution in [0.3, 0.4) is 0 Å². The van der Waals surface area contributed by atoms with Crippen LogP contribution in [0.1, 0.15) is 25.0 Å². The predicted molar refractivity (Wildman–Crippen MR) is 81.4 cm³/mol. The van der Waals surface area contributed by atoms with Crippen molar-refractivity contribution in [2.75, 3.05) is 18.0 Å². The lowest BCUT2D eigenvalue weighted by Gasteiger charge is -2.36. The molecule has 120 valence electrons. The fourth-order valence-corrected chi connectivity index (χ4v) is 2.90. The Bertz CT molecular complexity index is 621. The molecule has 1 aliphatic rings. The van der Waals surface area contributed by atoms with Crippen LogP contribution >= 0.6 is 0 Å². The molecule has 0 radical (unpaired) electrons. The fourth-order valence-electron chi connectivity index (χ4n) is 2.90. The first-order valence-electron chi connectivity index (χ1n) is 7.05. The second-order valence-electron chi connectivity index (χ2n) is 5.71. The summed E-state index contributed by atoms with van der Waals surface area (Å²) >= 11 is 0. The van der Waals surface area contributed by atoms with Crippen LogP contribution in [-0.2, 0) is 4.74 Å². The third-order valence-electron chi connectivity index (χ3n) is 3.88. The second kappa shape index (κ2) is 5.88. The summed E-state index contributed by atoms with van der Waals surface area (Å²) < 4.78 is 5.61. The molecule has 2 atom stereocenters. The number of ether oxygens (including phenoxy) is 1. The SMILES string of the molecule is Cc1cc([N+](=O)[O-])c(N2CC(C)OC(C)C2)c([N+](=O)[O-])c1C. The van der Waals surface area contributed by atoms with Gasteiger partial charge in [-0.15, -0.1) is 0 Å². The number of aryl methyl sites for hydroxylation is 1. The average Bonchev–Trinajstić information content (AvgIpc) is 2.39. The van der Waals surface area contributed by atoms with Gasteiger partial charge in [0.25, 0.3) is 5.69 Å². The number of hydrogen-bond donors (Lipinski definition) is 0. The maximum Gasteiger partial charge on any atom is 0.302 e. The minimum Gasteiger partial charge on any atom is -0.372 e. The van der Waals surface area contributed by atoms with Gasteiger partial charge in [0.1, 0.15) is 0 Å². The number of benzene rings is 1. The highest BCUT2D eigenvalue weighted by Gasteiger charge is 2.36. The van der Waals surface area contributed by atoms with Crippen LogP contribution < -0.4 is 4.90 Å². The summed E-state index contributed by atoms with van der Waals surface area (Å²) in [5.41, 5.74) is 0.665. The highest BCUT2D eigenvalue weighted by Crippen LogP contribution is 2.42. The van der Waals surface area contributed by atoms with Crippen molar-refractivity contribution in [3.05, 3.63) is 37.4 Å². The van der Waals surface area contributed by atoms with Gasteiger partial charge in [0.05, 0.1) is 22.1 Å². The van der Waals surface area contributed by atoms with Crippen molar-refractivity contribution in [1.82, 2.24) is 0 Å². The minimum atomic E-state index is -0.556. The first-order chi connectivity index (χ1) is 10.2. The molecule has 0 spiro atoms. The number of nitro groups is 2. The molecule has 1 heterocycles. The van der Waals surface area contributed by atoms with Crippen molar-refractivity contribution in [2.24, 2.45) is 0 Å². The largest absolute Gasteiger partial charge is 0.372 e. The molecule has 0 bridgehead atoms. The second-order valence-corrected chi connectivity index (χ2v) is 5.71. The van der Waals surface area contributed by atoms with Crippen LogP contribution in [0.4, 0.5) is 17.1 Å². The van der Waals surface area contributed by atoms with Gasteiger partial charge in [-0.05, 0) is 33.3 Å². The number of morpholine rings is 1. The Morgan fingerprint density at radius 1 is 1.14 bits per heavy atom. The van der Waals surface area contributed by atoms with E-state index in [-0.39, 0.29) is 29.3 Å². The van der Waals surface area contributed by atoms with Crippen LogP contribution in [0, 0.1) is 34.1 Å². The summed E-state index contributed by atoms with van der Waals surface area (Å²) in [5, 5.41) is 22.9. The third-order valence-corrected chi connectivity index (χ3v) is 3.88. The molecule has 1 aromatic rings. The van der Waals surface area contributed by atoms with Gasteiger partial charge in [-0.25, -0.2) is 0 Å². The lowest BCUT2D eigenvalue weighted by molar-refractivity contribution is -0.393. The summed E-state index contributed by atoms with van der Waals surface area (Å²) in [5.74, 6) is 0. The molecule has 2 rings (SSSR count). The average molecular weight is 309 g/mol. The van der Waals surface area contributed by atoms with Gasteiger partial charge in [-0.1, -0.05) is 0 Å². The summed E-state index contributed by atoms with van der Waals surface area (Å²) in [6, 6.07) is 1.41. The van der Waals surface area contributed by atoms with Gasteiger partial charge in [-0.3, -0.25) is 20.2 Å². The molecule has 1 saturated heterocycles. The minimum absolute atomic E-state index is 0.0834. The van der Waals surface area contributed by atoms with E-state index in [1.54, 1.807) is 18.7 Å². The molecular formula is C14H19N3O5. The van der Waals surface area contributed by atoms with E-state index in [1.807, 2.05) is 13.8 Å². The molecule has 2 unspecified atom stereocenters. The van der Waals surface area contributed by atoms with Crippen LogP contribution in [0.2, 0.25) is 0 Å². The summed E-state index contributed by atoms with van der Waals surface area (Å²) in [6.45, 7) is 7.73. The van der Waals surface area contributed by atoms with Crippen LogP contribution in [0.5, 0.6) is 0 Å². The van der Waals surface area contributed by atoms with Crippen LogP contribution in [0.15, 0.2) is 6.07 Å². The van der Waals surface area contributed by atoms with Crippen LogP contribution in [-0.4, -0.2) is 35.1 Å². The number of rotatable bonds is 3. The Morgan fingerprint density at radius 2 is 1.68 bits per heavy atom. The standard InChI is InChI=1S/C14H19N3O5/c1-8-5-12(16(18)19)14(13(11(8)4)17(20)21)15-6-9(2)22-10(3)7-15/h5,9-10H,6-7H2,1-4H3. The summed E-state index contributed by atoms with van der Waals surface area (Å²) in [7, 11) is 0. The van der Waals surface area contributed by atoms with E-state index in [0.717, 1.165) is 0 Å². The molecule has 1 fully saturated rings. The number of hydrogen-bond acceptors (Lipinski definition) is 6. The molecule has 1 aromatic carbocycles. The van der Waals surface area contributed by atoms with E-state index >= 15 is 0 Å². The molecule has 1 aliphatic heterocycles. The van der Waals surface area contributed by atoms with Crippen LogP contribution in [0.25, 0.3) is 0 Å². The van der Waals surface area contributed by atoms with Crippen molar-refractivity contribution in [3.8, 4) is 0 Å². The zero-order valence-electron chi connectivity index (χ0n) is 13.0. The Labute approximate surface area is 128 Å². The molecule has 0 amide bonds. The van der Waals surface area contributed by atoms with Crippen molar-refractivity contribution < 1.29 is 14.6 Å². The smallest absolute Gasteiger partial charge is 0.302 e. The Kier molecular flexibility index (Phi) is 4.32. The van der Waals surface area contributed by atoms with Crippen molar-refractivity contribution in [3.63, 3.8) is 0 Å². The van der Waals surface area contributed by atoms with Crippen molar-refractivity contribution >= 4 is 17.1 Å². The molecule has 22 heavy (non-hydrogen) atoms. The fraction of sp³-hybridized carbons (Fsp3) is 0.571. The summed E-state index contributed by atoms with van der Waals surface area (Å²) in [4.78, 5) is 23.5. The monoisotopic (exact) mass is 309 g/mol. The third kappa shape index (κ3) is 2.87. The molecule has 0 N–H and O–H groups in total. The molecule has 0 aliphatic carbocycles. The van der Waals surface area contributed by atoms with Gasteiger partial charge in [0.15, 0.2) is 5.69 Å². The van der Waals surface area contributed by atoms with E-state index in [1.165, 1.54) is 6.07 Å². The number of nitro benzene ring substituents is 2. The van der Waals surface area contributed by atoms with E-state index in [2.05, 4.69) is 0 Å². The van der Waals surface area contributed by atoms with Gasteiger partial charge in [0, 0.05) is 24.7 Å². The Hall–Kier alpha value is -2.22. The molecule has 0 saturated carbocycles. The first-order valence-corrected chi connectivity index (χ1v) is 7.05. The normalized spacial score (nSPS) is 21.7. The Balaban J connectivity index is 2.68. The summed E-state index contributed by atoms with van der Waals surface area (Å²) in [6.07, 6.45) is -0.297. The van der Waals surface area contributed by atoms with Crippen molar-refractivity contribution in [2.45, 2.75) is 39.9 Å². The highest BCUT2D eigenvalue weighted by atomic mass is 16.6. The maximum atomic E-state index is 11.5. The van der Waals surface area contributed by atoms with E-state index in [0.29, 0.717) is 24.2 Å². The Morgan fingerprint density at radius 3 is 2.14 bits per heavy atom. The van der Waals surface area contributed by atoms with Crippen molar-refractivity contribution in [1.29, 1.82) is 0 Å².